The first-order chi connectivity index (χ1) is 7.24. The molecule has 0 amide bonds. The largest absolute Gasteiger partial charge is 0.481 e. The molecule has 0 atom stereocenters. The van der Waals surface area contributed by atoms with E-state index in [9.17, 15) is 4.79 Å². The second kappa shape index (κ2) is 5.47. The molecule has 0 spiro atoms. The first kappa shape index (κ1) is 10.8. The molecule has 0 saturated carbocycles. The summed E-state index contributed by atoms with van der Waals surface area (Å²) in [5, 5.41) is 17.0. The van der Waals surface area contributed by atoms with Gasteiger partial charge in [0, 0.05) is 5.56 Å². The van der Waals surface area contributed by atoms with E-state index in [0.29, 0.717) is 11.1 Å². The van der Waals surface area contributed by atoms with Crippen LogP contribution < -0.4 is 0 Å². The van der Waals surface area contributed by atoms with Crippen LogP contribution in [0.3, 0.4) is 0 Å². The van der Waals surface area contributed by atoms with E-state index in [1.807, 2.05) is 6.07 Å². The number of aliphatic carboxylic acids is 1. The summed E-state index contributed by atoms with van der Waals surface area (Å²) in [7, 11) is 0. The zero-order chi connectivity index (χ0) is 11.1. The van der Waals surface area contributed by atoms with Crippen molar-refractivity contribution < 1.29 is 9.90 Å². The van der Waals surface area contributed by atoms with Crippen molar-refractivity contribution in [3.05, 3.63) is 35.4 Å². The Bertz CT molecular complexity index is 460. The van der Waals surface area contributed by atoms with Crippen LogP contribution >= 0.6 is 0 Å². The van der Waals surface area contributed by atoms with Gasteiger partial charge < -0.3 is 5.11 Å². The molecular formula is C12H9NO2. The van der Waals surface area contributed by atoms with Crippen LogP contribution in [0, 0.1) is 23.2 Å². The smallest absolute Gasteiger partial charge is 0.307 e. The fraction of sp³-hybridized carbons (Fsp3) is 0.167. The first-order valence-electron chi connectivity index (χ1n) is 4.39. The SMILES string of the molecule is N#CCC#Cc1ccccc1CC(=O)O. The quantitative estimate of drug-likeness (QED) is 0.735. The average Bonchev–Trinajstić information content (AvgIpc) is 2.20. The van der Waals surface area contributed by atoms with Crippen molar-refractivity contribution in [1.29, 1.82) is 5.26 Å². The number of nitriles is 1. The van der Waals surface area contributed by atoms with Gasteiger partial charge in [0.2, 0.25) is 0 Å². The fourth-order valence-corrected chi connectivity index (χ4v) is 1.14. The van der Waals surface area contributed by atoms with E-state index in [1.54, 1.807) is 24.3 Å². The summed E-state index contributed by atoms with van der Waals surface area (Å²) in [6.45, 7) is 0. The Balaban J connectivity index is 2.93. The fourth-order valence-electron chi connectivity index (χ4n) is 1.14. The molecule has 1 aromatic rings. The van der Waals surface area contributed by atoms with Crippen molar-refractivity contribution in [2.45, 2.75) is 12.8 Å². The highest BCUT2D eigenvalue weighted by Gasteiger charge is 2.03. The molecule has 0 radical (unpaired) electrons. The van der Waals surface area contributed by atoms with Crippen molar-refractivity contribution in [1.82, 2.24) is 0 Å². The number of carbonyl (C=O) groups is 1. The van der Waals surface area contributed by atoms with E-state index in [-0.39, 0.29) is 12.8 Å². The zero-order valence-corrected chi connectivity index (χ0v) is 8.03. The number of hydrogen-bond acceptors (Lipinski definition) is 2. The van der Waals surface area contributed by atoms with Crippen LogP contribution in [0.15, 0.2) is 24.3 Å². The van der Waals surface area contributed by atoms with E-state index in [2.05, 4.69) is 11.8 Å². The molecule has 0 fully saturated rings. The van der Waals surface area contributed by atoms with Crippen LogP contribution in [0.5, 0.6) is 0 Å². The van der Waals surface area contributed by atoms with Gasteiger partial charge in [0.25, 0.3) is 0 Å². The number of carboxylic acid groups (broad SMARTS) is 1. The molecule has 0 unspecified atom stereocenters. The summed E-state index contributed by atoms with van der Waals surface area (Å²) in [5.74, 6) is 4.56. The van der Waals surface area contributed by atoms with Crippen LogP contribution in [-0.4, -0.2) is 11.1 Å². The molecule has 0 heterocycles. The Hall–Kier alpha value is -2.26. The summed E-state index contributed by atoms with van der Waals surface area (Å²) < 4.78 is 0. The molecule has 0 bridgehead atoms. The van der Waals surface area contributed by atoms with Gasteiger partial charge in [-0.2, -0.15) is 5.26 Å². The minimum atomic E-state index is -0.885. The number of carboxylic acids is 1. The summed E-state index contributed by atoms with van der Waals surface area (Å²) in [5.41, 5.74) is 1.35. The first-order valence-corrected chi connectivity index (χ1v) is 4.39. The summed E-state index contributed by atoms with van der Waals surface area (Å²) in [6.07, 6.45) is 0.110. The second-order valence-electron chi connectivity index (χ2n) is 2.86. The molecule has 3 nitrogen and oxygen atoms in total. The third kappa shape index (κ3) is 3.54. The molecule has 0 aliphatic rings. The zero-order valence-electron chi connectivity index (χ0n) is 8.03. The maximum atomic E-state index is 10.6. The minimum absolute atomic E-state index is 0.0442. The number of rotatable bonds is 2. The van der Waals surface area contributed by atoms with Gasteiger partial charge in [0.15, 0.2) is 0 Å². The molecular weight excluding hydrogens is 190 g/mol. The second-order valence-corrected chi connectivity index (χ2v) is 2.86. The molecule has 1 rings (SSSR count). The van der Waals surface area contributed by atoms with Gasteiger partial charge in [-0.25, -0.2) is 0 Å². The van der Waals surface area contributed by atoms with Gasteiger partial charge in [0.1, 0.15) is 0 Å². The summed E-state index contributed by atoms with van der Waals surface area (Å²) in [4.78, 5) is 10.6. The van der Waals surface area contributed by atoms with Crippen LogP contribution in [0.2, 0.25) is 0 Å². The maximum Gasteiger partial charge on any atom is 0.307 e. The lowest BCUT2D eigenvalue weighted by atomic mass is 10.1. The molecule has 3 heteroatoms. The monoisotopic (exact) mass is 199 g/mol. The molecule has 0 aliphatic carbocycles. The van der Waals surface area contributed by atoms with Crippen molar-refractivity contribution >= 4 is 5.97 Å². The molecule has 1 N–H and O–H groups in total. The van der Waals surface area contributed by atoms with Gasteiger partial charge in [0.05, 0.1) is 18.9 Å². The van der Waals surface area contributed by atoms with E-state index < -0.39 is 5.97 Å². The van der Waals surface area contributed by atoms with Gasteiger partial charge in [-0.3, -0.25) is 4.79 Å². The van der Waals surface area contributed by atoms with E-state index >= 15 is 0 Å². The molecule has 0 aliphatic heterocycles. The Kier molecular flexibility index (Phi) is 3.94. The third-order valence-corrected chi connectivity index (χ3v) is 1.75. The Morgan fingerprint density at radius 2 is 2.13 bits per heavy atom. The topological polar surface area (TPSA) is 61.1 Å². The van der Waals surface area contributed by atoms with E-state index in [4.69, 9.17) is 10.4 Å². The number of benzene rings is 1. The predicted octanol–water partition coefficient (Wildman–Crippen LogP) is 1.58. The van der Waals surface area contributed by atoms with E-state index in [0.717, 1.165) is 0 Å². The summed E-state index contributed by atoms with van der Waals surface area (Å²) in [6, 6.07) is 8.95. The Morgan fingerprint density at radius 3 is 2.80 bits per heavy atom. The lowest BCUT2D eigenvalue weighted by molar-refractivity contribution is -0.136. The Labute approximate surface area is 88.0 Å². The predicted molar refractivity (Wildman–Crippen MR) is 54.9 cm³/mol. The molecule has 0 saturated heterocycles. The minimum Gasteiger partial charge on any atom is -0.481 e. The normalized spacial score (nSPS) is 8.47. The van der Waals surface area contributed by atoms with Gasteiger partial charge in [-0.1, -0.05) is 30.0 Å². The lowest BCUT2D eigenvalue weighted by Crippen LogP contribution is -2.01. The van der Waals surface area contributed by atoms with Crippen LogP contribution in [0.4, 0.5) is 0 Å². The molecule has 15 heavy (non-hydrogen) atoms. The molecule has 0 aromatic heterocycles. The molecule has 74 valence electrons. The van der Waals surface area contributed by atoms with Crippen LogP contribution in [0.25, 0.3) is 0 Å². The Morgan fingerprint density at radius 1 is 1.40 bits per heavy atom. The standard InChI is InChI=1S/C12H9NO2/c13-8-4-3-6-10-5-1-2-7-11(10)9-12(14)15/h1-2,5,7H,4,9H2,(H,14,15). The average molecular weight is 199 g/mol. The van der Waals surface area contributed by atoms with Crippen LogP contribution in [0.1, 0.15) is 17.5 Å². The van der Waals surface area contributed by atoms with Crippen LogP contribution in [-0.2, 0) is 11.2 Å². The van der Waals surface area contributed by atoms with E-state index in [1.165, 1.54) is 0 Å². The highest BCUT2D eigenvalue weighted by atomic mass is 16.4. The van der Waals surface area contributed by atoms with Crippen molar-refractivity contribution in [2.24, 2.45) is 0 Å². The number of nitrogens with zero attached hydrogens (tertiary/aromatic N) is 1. The highest BCUT2D eigenvalue weighted by Crippen LogP contribution is 2.08. The van der Waals surface area contributed by atoms with Gasteiger partial charge in [-0.05, 0) is 11.6 Å². The van der Waals surface area contributed by atoms with Crippen molar-refractivity contribution in [2.75, 3.05) is 0 Å². The van der Waals surface area contributed by atoms with Crippen molar-refractivity contribution in [3.8, 4) is 17.9 Å². The highest BCUT2D eigenvalue weighted by molar-refractivity contribution is 5.71. The number of hydrogen-bond donors (Lipinski definition) is 1. The molecule has 1 aromatic carbocycles. The maximum absolute atomic E-state index is 10.6. The van der Waals surface area contributed by atoms with Gasteiger partial charge >= 0.3 is 5.97 Å². The van der Waals surface area contributed by atoms with Crippen molar-refractivity contribution in [3.63, 3.8) is 0 Å². The summed E-state index contributed by atoms with van der Waals surface area (Å²) >= 11 is 0. The third-order valence-electron chi connectivity index (χ3n) is 1.75. The lowest BCUT2D eigenvalue weighted by Gasteiger charge is -1.99. The van der Waals surface area contributed by atoms with Gasteiger partial charge in [-0.15, -0.1) is 0 Å².